The minimum atomic E-state index is -0.877. The minimum absolute atomic E-state index is 0.361. The normalized spacial score (nSPS) is 16.4. The van der Waals surface area contributed by atoms with Crippen LogP contribution in [0.25, 0.3) is 10.9 Å². The van der Waals surface area contributed by atoms with Crippen molar-refractivity contribution >= 4 is 16.9 Å². The van der Waals surface area contributed by atoms with Gasteiger partial charge in [0.15, 0.2) is 0 Å². The summed E-state index contributed by atoms with van der Waals surface area (Å²) in [6.45, 7) is 3.91. The first-order valence-corrected chi connectivity index (χ1v) is 7.00. The van der Waals surface area contributed by atoms with E-state index in [1.165, 1.54) is 0 Å². The molecule has 104 valence electrons. The van der Waals surface area contributed by atoms with Crippen molar-refractivity contribution in [1.82, 2.24) is 10.3 Å². The molecule has 2 N–H and O–H groups in total. The Morgan fingerprint density at radius 2 is 2.05 bits per heavy atom. The third-order valence-corrected chi connectivity index (χ3v) is 3.97. The summed E-state index contributed by atoms with van der Waals surface area (Å²) >= 11 is 0. The van der Waals surface area contributed by atoms with Crippen molar-refractivity contribution < 1.29 is 9.90 Å². The number of carboxylic acids is 1. The zero-order valence-electron chi connectivity index (χ0n) is 11.5. The van der Waals surface area contributed by atoms with E-state index in [-0.39, 0.29) is 0 Å². The van der Waals surface area contributed by atoms with Crippen molar-refractivity contribution in [2.24, 2.45) is 0 Å². The Kier molecular flexibility index (Phi) is 3.40. The van der Waals surface area contributed by atoms with Gasteiger partial charge in [0.2, 0.25) is 0 Å². The summed E-state index contributed by atoms with van der Waals surface area (Å²) in [6, 6.07) is 7.56. The highest BCUT2D eigenvalue weighted by Gasteiger charge is 2.20. The number of aryl methyl sites for hydroxylation is 1. The molecule has 1 aliphatic heterocycles. The predicted molar refractivity (Wildman–Crippen MR) is 78.3 cm³/mol. The van der Waals surface area contributed by atoms with E-state index >= 15 is 0 Å². The van der Waals surface area contributed by atoms with Crippen molar-refractivity contribution in [3.63, 3.8) is 0 Å². The van der Waals surface area contributed by atoms with Crippen molar-refractivity contribution in [1.29, 1.82) is 0 Å². The van der Waals surface area contributed by atoms with E-state index < -0.39 is 5.97 Å². The van der Waals surface area contributed by atoms with Gasteiger partial charge in [-0.2, -0.15) is 0 Å². The third-order valence-electron chi connectivity index (χ3n) is 3.97. The summed E-state index contributed by atoms with van der Waals surface area (Å²) in [6.07, 6.45) is 2.03. The monoisotopic (exact) mass is 270 g/mol. The van der Waals surface area contributed by atoms with Crippen LogP contribution in [-0.4, -0.2) is 29.1 Å². The van der Waals surface area contributed by atoms with Crippen LogP contribution < -0.4 is 5.32 Å². The van der Waals surface area contributed by atoms with E-state index in [9.17, 15) is 9.90 Å². The summed E-state index contributed by atoms with van der Waals surface area (Å²) in [5, 5.41) is 13.5. The molecule has 3 rings (SSSR count). The summed E-state index contributed by atoms with van der Waals surface area (Å²) < 4.78 is 0. The molecule has 0 unspecified atom stereocenters. The molecule has 4 nitrogen and oxygen atoms in total. The molecule has 4 heteroatoms. The number of nitrogens with zero attached hydrogens (tertiary/aromatic N) is 1. The van der Waals surface area contributed by atoms with Crippen LogP contribution in [0.1, 0.15) is 40.4 Å². The number of fused-ring (bicyclic) bond motifs is 1. The average Bonchev–Trinajstić information content (AvgIpc) is 2.47. The Labute approximate surface area is 117 Å². The van der Waals surface area contributed by atoms with Gasteiger partial charge in [-0.3, -0.25) is 4.98 Å². The van der Waals surface area contributed by atoms with Crippen molar-refractivity contribution in [2.45, 2.75) is 25.7 Å². The number of piperidine rings is 1. The predicted octanol–water partition coefficient (Wildman–Crippen LogP) is 2.71. The first-order valence-electron chi connectivity index (χ1n) is 7.00. The molecule has 0 amide bonds. The standard InChI is InChI=1S/C16H18N2O2/c1-10-2-3-14-12(8-10)13(16(19)20)9-15(18-14)11-4-6-17-7-5-11/h2-3,8-9,11,17H,4-7H2,1H3,(H,19,20). The van der Waals surface area contributed by atoms with Crippen LogP contribution in [0.5, 0.6) is 0 Å². The number of aromatic carboxylic acids is 1. The van der Waals surface area contributed by atoms with E-state index in [4.69, 9.17) is 4.98 Å². The minimum Gasteiger partial charge on any atom is -0.478 e. The third kappa shape index (κ3) is 2.39. The Bertz CT molecular complexity index is 661. The zero-order valence-corrected chi connectivity index (χ0v) is 11.5. The van der Waals surface area contributed by atoms with Gasteiger partial charge in [-0.05, 0) is 51.1 Å². The topological polar surface area (TPSA) is 62.2 Å². The Hall–Kier alpha value is -1.94. The maximum absolute atomic E-state index is 11.5. The molecule has 0 bridgehead atoms. The molecule has 20 heavy (non-hydrogen) atoms. The molecule has 1 aliphatic rings. The molecule has 1 fully saturated rings. The molecule has 1 saturated heterocycles. The van der Waals surface area contributed by atoms with Crippen LogP contribution in [0.15, 0.2) is 24.3 Å². The van der Waals surface area contributed by atoms with Crippen molar-refractivity contribution in [3.8, 4) is 0 Å². The molecule has 0 radical (unpaired) electrons. The van der Waals surface area contributed by atoms with Gasteiger partial charge in [0.05, 0.1) is 11.1 Å². The summed E-state index contributed by atoms with van der Waals surface area (Å²) in [7, 11) is 0. The number of hydrogen-bond acceptors (Lipinski definition) is 3. The largest absolute Gasteiger partial charge is 0.478 e. The van der Waals surface area contributed by atoms with Gasteiger partial charge < -0.3 is 10.4 Å². The fraction of sp³-hybridized carbons (Fsp3) is 0.375. The van der Waals surface area contributed by atoms with E-state index in [1.807, 2.05) is 25.1 Å². The van der Waals surface area contributed by atoms with Gasteiger partial charge in [-0.15, -0.1) is 0 Å². The van der Waals surface area contributed by atoms with Crippen molar-refractivity contribution in [3.05, 3.63) is 41.1 Å². The molecule has 0 aliphatic carbocycles. The maximum atomic E-state index is 11.5. The number of aromatic nitrogens is 1. The van der Waals surface area contributed by atoms with Crippen LogP contribution in [0.4, 0.5) is 0 Å². The Balaban J connectivity index is 2.15. The lowest BCUT2D eigenvalue weighted by Crippen LogP contribution is -2.27. The Morgan fingerprint density at radius 1 is 1.30 bits per heavy atom. The van der Waals surface area contributed by atoms with Crippen LogP contribution >= 0.6 is 0 Å². The summed E-state index contributed by atoms with van der Waals surface area (Å²) in [5.41, 5.74) is 3.12. The molecule has 1 aromatic heterocycles. The van der Waals surface area contributed by atoms with E-state index in [0.717, 1.165) is 48.1 Å². The number of carbonyl (C=O) groups is 1. The first kappa shape index (κ1) is 13.1. The molecule has 0 atom stereocenters. The number of nitrogens with one attached hydrogen (secondary N) is 1. The summed E-state index contributed by atoms with van der Waals surface area (Å²) in [5.74, 6) is -0.516. The highest BCUT2D eigenvalue weighted by atomic mass is 16.4. The second kappa shape index (κ2) is 5.21. The maximum Gasteiger partial charge on any atom is 0.336 e. The lowest BCUT2D eigenvalue weighted by Gasteiger charge is -2.22. The summed E-state index contributed by atoms with van der Waals surface area (Å²) in [4.78, 5) is 16.2. The molecule has 2 heterocycles. The second-order valence-corrected chi connectivity index (χ2v) is 5.44. The van der Waals surface area contributed by atoms with Gasteiger partial charge in [-0.25, -0.2) is 4.79 Å². The average molecular weight is 270 g/mol. The number of carboxylic acid groups (broad SMARTS) is 1. The highest BCUT2D eigenvalue weighted by Crippen LogP contribution is 2.28. The fourth-order valence-corrected chi connectivity index (χ4v) is 2.86. The van der Waals surface area contributed by atoms with Gasteiger partial charge in [0.25, 0.3) is 0 Å². The van der Waals surface area contributed by atoms with Crippen LogP contribution in [-0.2, 0) is 0 Å². The van der Waals surface area contributed by atoms with Gasteiger partial charge in [0.1, 0.15) is 0 Å². The van der Waals surface area contributed by atoms with Gasteiger partial charge in [0, 0.05) is 17.0 Å². The van der Waals surface area contributed by atoms with Crippen LogP contribution in [0, 0.1) is 6.92 Å². The lowest BCUT2D eigenvalue weighted by atomic mass is 9.92. The molecule has 2 aromatic rings. The lowest BCUT2D eigenvalue weighted by molar-refractivity contribution is 0.0699. The van der Waals surface area contributed by atoms with Crippen LogP contribution in [0.2, 0.25) is 0 Å². The fourth-order valence-electron chi connectivity index (χ4n) is 2.86. The molecular weight excluding hydrogens is 252 g/mol. The number of rotatable bonds is 2. The SMILES string of the molecule is Cc1ccc2nc(C3CCNCC3)cc(C(=O)O)c2c1. The zero-order chi connectivity index (χ0) is 14.1. The van der Waals surface area contributed by atoms with Gasteiger partial charge in [-0.1, -0.05) is 11.6 Å². The van der Waals surface area contributed by atoms with Crippen LogP contribution in [0.3, 0.4) is 0 Å². The molecule has 0 saturated carbocycles. The van der Waals surface area contributed by atoms with E-state index in [0.29, 0.717) is 11.5 Å². The highest BCUT2D eigenvalue weighted by molar-refractivity contribution is 6.02. The van der Waals surface area contributed by atoms with E-state index in [2.05, 4.69) is 5.32 Å². The number of benzene rings is 1. The quantitative estimate of drug-likeness (QED) is 0.880. The Morgan fingerprint density at radius 3 is 2.75 bits per heavy atom. The number of pyridine rings is 1. The van der Waals surface area contributed by atoms with Crippen molar-refractivity contribution in [2.75, 3.05) is 13.1 Å². The molecule has 1 aromatic carbocycles. The first-order chi connectivity index (χ1) is 9.65. The van der Waals surface area contributed by atoms with E-state index in [1.54, 1.807) is 6.07 Å². The smallest absolute Gasteiger partial charge is 0.336 e. The molecule has 0 spiro atoms. The van der Waals surface area contributed by atoms with Gasteiger partial charge >= 0.3 is 5.97 Å². The molecular formula is C16H18N2O2. The second-order valence-electron chi connectivity index (χ2n) is 5.44. The number of hydrogen-bond donors (Lipinski definition) is 2.